The summed E-state index contributed by atoms with van der Waals surface area (Å²) >= 11 is 0. The van der Waals surface area contributed by atoms with Gasteiger partial charge in [0.2, 0.25) is 5.56 Å². The summed E-state index contributed by atoms with van der Waals surface area (Å²) in [6, 6.07) is 1.53. The van der Waals surface area contributed by atoms with E-state index in [-0.39, 0.29) is 11.7 Å². The second kappa shape index (κ2) is 3.43. The molecule has 1 aromatic heterocycles. The molecule has 0 bridgehead atoms. The minimum Gasteiger partial charge on any atom is -0.489 e. The van der Waals surface area contributed by atoms with E-state index in [9.17, 15) is 4.79 Å². The van der Waals surface area contributed by atoms with Crippen LogP contribution >= 0.6 is 0 Å². The molecule has 0 aromatic carbocycles. The molecule has 12 heavy (non-hydrogen) atoms. The van der Waals surface area contributed by atoms with Crippen LogP contribution in [0.4, 0.5) is 0 Å². The van der Waals surface area contributed by atoms with Gasteiger partial charge in [0.15, 0.2) is 0 Å². The summed E-state index contributed by atoms with van der Waals surface area (Å²) in [5.41, 5.74) is 0.774. The van der Waals surface area contributed by atoms with Crippen LogP contribution in [-0.4, -0.2) is 11.1 Å². The summed E-state index contributed by atoms with van der Waals surface area (Å²) in [6.07, 6.45) is 1.73. The molecule has 3 heteroatoms. The summed E-state index contributed by atoms with van der Waals surface area (Å²) in [5.74, 6) is 0.740. The highest BCUT2D eigenvalue weighted by molar-refractivity contribution is 5.28. The molecule has 1 aromatic rings. The largest absolute Gasteiger partial charge is 0.489 e. The van der Waals surface area contributed by atoms with Gasteiger partial charge in [0.1, 0.15) is 5.75 Å². The lowest BCUT2D eigenvalue weighted by Gasteiger charge is -2.10. The lowest BCUT2D eigenvalue weighted by Crippen LogP contribution is -2.10. The molecule has 66 valence electrons. The zero-order valence-corrected chi connectivity index (χ0v) is 7.55. The third kappa shape index (κ3) is 2.12. The number of ether oxygens (including phenoxy) is 1. The maximum Gasteiger partial charge on any atom is 0.248 e. The van der Waals surface area contributed by atoms with E-state index in [4.69, 9.17) is 4.74 Å². The average Bonchev–Trinajstić information content (AvgIpc) is 1.94. The van der Waals surface area contributed by atoms with Crippen molar-refractivity contribution in [2.24, 2.45) is 0 Å². The highest BCUT2D eigenvalue weighted by atomic mass is 16.5. The second-order valence-electron chi connectivity index (χ2n) is 3.01. The van der Waals surface area contributed by atoms with Gasteiger partial charge in [-0.3, -0.25) is 4.79 Å². The zero-order chi connectivity index (χ0) is 9.14. The first-order chi connectivity index (χ1) is 5.59. The predicted octanol–water partition coefficient (Wildman–Crippen LogP) is 1.47. The fourth-order valence-corrected chi connectivity index (χ4v) is 0.941. The second-order valence-corrected chi connectivity index (χ2v) is 3.01. The molecule has 0 saturated heterocycles. The molecule has 0 fully saturated rings. The number of hydrogen-bond acceptors (Lipinski definition) is 2. The number of nitrogens with one attached hydrogen (secondary N) is 1. The molecule has 0 aliphatic heterocycles. The van der Waals surface area contributed by atoms with Gasteiger partial charge in [-0.1, -0.05) is 0 Å². The van der Waals surface area contributed by atoms with Crippen LogP contribution in [-0.2, 0) is 0 Å². The Morgan fingerprint density at radius 3 is 2.67 bits per heavy atom. The van der Waals surface area contributed by atoms with Crippen LogP contribution in [0, 0.1) is 6.92 Å². The Morgan fingerprint density at radius 2 is 2.17 bits per heavy atom. The van der Waals surface area contributed by atoms with E-state index in [1.165, 1.54) is 6.07 Å². The van der Waals surface area contributed by atoms with Crippen LogP contribution in [0.3, 0.4) is 0 Å². The third-order valence-corrected chi connectivity index (χ3v) is 1.44. The molecule has 0 aliphatic rings. The van der Waals surface area contributed by atoms with Crippen molar-refractivity contribution in [1.29, 1.82) is 0 Å². The van der Waals surface area contributed by atoms with Crippen molar-refractivity contribution in [3.63, 3.8) is 0 Å². The molecular formula is C9H13NO2. The molecule has 1 N–H and O–H groups in total. The van der Waals surface area contributed by atoms with Gasteiger partial charge < -0.3 is 9.72 Å². The lowest BCUT2D eigenvalue weighted by molar-refractivity contribution is 0.239. The Balaban J connectivity index is 2.94. The minimum atomic E-state index is -0.0939. The van der Waals surface area contributed by atoms with E-state index in [2.05, 4.69) is 4.98 Å². The van der Waals surface area contributed by atoms with E-state index < -0.39 is 0 Å². The van der Waals surface area contributed by atoms with Gasteiger partial charge in [-0.05, 0) is 26.3 Å². The van der Waals surface area contributed by atoms with Gasteiger partial charge >= 0.3 is 0 Å². The summed E-state index contributed by atoms with van der Waals surface area (Å²) in [4.78, 5) is 13.4. The Hall–Kier alpha value is -1.25. The molecule has 0 saturated carbocycles. The molecule has 0 amide bonds. The normalized spacial score (nSPS) is 10.3. The van der Waals surface area contributed by atoms with Crippen molar-refractivity contribution >= 4 is 0 Å². The number of aromatic nitrogens is 1. The van der Waals surface area contributed by atoms with E-state index in [1.54, 1.807) is 6.20 Å². The molecule has 0 radical (unpaired) electrons. The first kappa shape index (κ1) is 8.84. The van der Waals surface area contributed by atoms with E-state index >= 15 is 0 Å². The lowest BCUT2D eigenvalue weighted by atomic mass is 10.3. The molecule has 0 spiro atoms. The SMILES string of the molecule is Cc1cc(=O)[nH]cc1OC(C)C. The molecule has 3 nitrogen and oxygen atoms in total. The smallest absolute Gasteiger partial charge is 0.248 e. The van der Waals surface area contributed by atoms with Crippen molar-refractivity contribution < 1.29 is 4.74 Å². The number of pyridine rings is 1. The predicted molar refractivity (Wildman–Crippen MR) is 47.6 cm³/mol. The highest BCUT2D eigenvalue weighted by Gasteiger charge is 2.01. The topological polar surface area (TPSA) is 42.1 Å². The number of hydrogen-bond donors (Lipinski definition) is 1. The maximum atomic E-state index is 10.8. The van der Waals surface area contributed by atoms with Crippen molar-refractivity contribution in [3.8, 4) is 5.75 Å². The molecule has 1 heterocycles. The highest BCUT2D eigenvalue weighted by Crippen LogP contribution is 2.14. The van der Waals surface area contributed by atoms with Crippen molar-refractivity contribution in [2.75, 3.05) is 0 Å². The first-order valence-electron chi connectivity index (χ1n) is 3.95. The van der Waals surface area contributed by atoms with Crippen LogP contribution in [0.5, 0.6) is 5.75 Å². The third-order valence-electron chi connectivity index (χ3n) is 1.44. The molecule has 0 atom stereocenters. The monoisotopic (exact) mass is 167 g/mol. The quantitative estimate of drug-likeness (QED) is 0.724. The first-order valence-corrected chi connectivity index (χ1v) is 3.95. The van der Waals surface area contributed by atoms with Crippen LogP contribution in [0.1, 0.15) is 19.4 Å². The zero-order valence-electron chi connectivity index (χ0n) is 7.55. The number of aromatic amines is 1. The maximum absolute atomic E-state index is 10.8. The van der Waals surface area contributed by atoms with Gasteiger partial charge in [0.25, 0.3) is 0 Å². The van der Waals surface area contributed by atoms with Gasteiger partial charge in [-0.15, -0.1) is 0 Å². The Bertz CT molecular complexity index is 315. The van der Waals surface area contributed by atoms with Gasteiger partial charge in [-0.2, -0.15) is 0 Å². The summed E-state index contributed by atoms with van der Waals surface area (Å²) < 4.78 is 5.43. The van der Waals surface area contributed by atoms with Crippen LogP contribution < -0.4 is 10.3 Å². The molecule has 0 aliphatic carbocycles. The number of rotatable bonds is 2. The van der Waals surface area contributed by atoms with E-state index in [1.807, 2.05) is 20.8 Å². The van der Waals surface area contributed by atoms with Crippen molar-refractivity contribution in [3.05, 3.63) is 28.2 Å². The van der Waals surface area contributed by atoms with Gasteiger partial charge in [0, 0.05) is 12.3 Å². The Morgan fingerprint density at radius 1 is 1.50 bits per heavy atom. The number of aryl methyl sites for hydroxylation is 1. The average molecular weight is 167 g/mol. The summed E-state index contributed by atoms with van der Waals surface area (Å²) in [5, 5.41) is 0. The Kier molecular flexibility index (Phi) is 2.53. The summed E-state index contributed by atoms with van der Waals surface area (Å²) in [7, 11) is 0. The van der Waals surface area contributed by atoms with Crippen LogP contribution in [0.2, 0.25) is 0 Å². The van der Waals surface area contributed by atoms with Gasteiger partial charge in [-0.25, -0.2) is 0 Å². The number of H-pyrrole nitrogens is 1. The van der Waals surface area contributed by atoms with E-state index in [0.29, 0.717) is 0 Å². The van der Waals surface area contributed by atoms with Crippen LogP contribution in [0.25, 0.3) is 0 Å². The molecular weight excluding hydrogens is 154 g/mol. The summed E-state index contributed by atoms with van der Waals surface area (Å²) in [6.45, 7) is 5.75. The molecule has 0 unspecified atom stereocenters. The standard InChI is InChI=1S/C9H13NO2/c1-6(2)12-8-5-10-9(11)4-7(8)3/h4-6H,1-3H3,(H,10,11). The van der Waals surface area contributed by atoms with Crippen LogP contribution in [0.15, 0.2) is 17.1 Å². The van der Waals surface area contributed by atoms with Gasteiger partial charge in [0.05, 0.1) is 6.10 Å². The van der Waals surface area contributed by atoms with Crippen molar-refractivity contribution in [1.82, 2.24) is 4.98 Å². The molecule has 1 rings (SSSR count). The fraction of sp³-hybridized carbons (Fsp3) is 0.444. The Labute approximate surface area is 71.4 Å². The fourth-order valence-electron chi connectivity index (χ4n) is 0.941. The van der Waals surface area contributed by atoms with Crippen molar-refractivity contribution in [2.45, 2.75) is 26.9 Å². The minimum absolute atomic E-state index is 0.0939. The van der Waals surface area contributed by atoms with E-state index in [0.717, 1.165) is 11.3 Å².